The number of aromatic nitrogens is 1. The number of nitrogens with one attached hydrogen (secondary N) is 1. The Kier molecular flexibility index (Phi) is 7.45. The number of carbonyl (C=O) groups is 1. The molecule has 0 bridgehead atoms. The van der Waals surface area contributed by atoms with Crippen LogP contribution in [0.5, 0.6) is 17.2 Å². The molecule has 32 heavy (non-hydrogen) atoms. The first-order chi connectivity index (χ1) is 15.3. The lowest BCUT2D eigenvalue weighted by Crippen LogP contribution is -2.35. The topological polar surface area (TPSA) is 97.8 Å². The highest BCUT2D eigenvalue weighted by Crippen LogP contribution is 2.25. The van der Waals surface area contributed by atoms with Crippen molar-refractivity contribution in [1.82, 2.24) is 9.29 Å². The van der Waals surface area contributed by atoms with Gasteiger partial charge in [-0.3, -0.25) is 4.79 Å². The molecule has 3 aromatic rings. The van der Waals surface area contributed by atoms with Gasteiger partial charge >= 0.3 is 0 Å². The zero-order valence-corrected chi connectivity index (χ0v) is 18.9. The van der Waals surface area contributed by atoms with Crippen molar-refractivity contribution < 1.29 is 22.7 Å². The van der Waals surface area contributed by atoms with E-state index in [2.05, 4.69) is 10.3 Å². The van der Waals surface area contributed by atoms with Crippen LogP contribution in [0, 0.1) is 6.92 Å². The number of aryl methyl sites for hydroxylation is 1. The molecule has 1 heterocycles. The summed E-state index contributed by atoms with van der Waals surface area (Å²) in [7, 11) is -2.51. The van der Waals surface area contributed by atoms with Crippen LogP contribution in [0.4, 0.5) is 5.82 Å². The fraction of sp³-hybridized carbons (Fsp3) is 0.217. The van der Waals surface area contributed by atoms with Crippen molar-refractivity contribution in [3.8, 4) is 17.2 Å². The molecule has 0 aliphatic heterocycles. The van der Waals surface area contributed by atoms with E-state index in [-0.39, 0.29) is 11.4 Å². The number of ether oxygens (including phenoxy) is 2. The minimum atomic E-state index is -3.85. The van der Waals surface area contributed by atoms with Gasteiger partial charge in [0.05, 0.1) is 18.0 Å². The minimum absolute atomic E-state index is 0.0558. The second-order valence-electron chi connectivity index (χ2n) is 7.01. The SMILES string of the molecule is CCOc1ccc(Oc2ccc(S(=O)(=O)N(C)CC(=O)Nc3ccc(C)cn3)cc2)cc1. The number of amides is 1. The van der Waals surface area contributed by atoms with Crippen molar-refractivity contribution in [2.75, 3.05) is 25.5 Å². The molecule has 0 spiro atoms. The first-order valence-corrected chi connectivity index (χ1v) is 11.4. The maximum atomic E-state index is 12.8. The molecule has 0 radical (unpaired) electrons. The predicted molar refractivity (Wildman–Crippen MR) is 122 cm³/mol. The Labute approximate surface area is 187 Å². The fourth-order valence-electron chi connectivity index (χ4n) is 2.78. The van der Waals surface area contributed by atoms with Crippen molar-refractivity contribution in [1.29, 1.82) is 0 Å². The number of hydrogen-bond acceptors (Lipinski definition) is 6. The largest absolute Gasteiger partial charge is 0.494 e. The molecule has 3 rings (SSSR count). The maximum Gasteiger partial charge on any atom is 0.243 e. The van der Waals surface area contributed by atoms with Gasteiger partial charge in [0.25, 0.3) is 0 Å². The van der Waals surface area contributed by atoms with Crippen molar-refractivity contribution in [3.05, 3.63) is 72.4 Å². The van der Waals surface area contributed by atoms with Gasteiger partial charge in [0.15, 0.2) is 0 Å². The Morgan fingerprint density at radius 1 is 0.969 bits per heavy atom. The molecule has 0 saturated carbocycles. The molecule has 2 aromatic carbocycles. The van der Waals surface area contributed by atoms with Crippen LogP contribution in [-0.2, 0) is 14.8 Å². The highest BCUT2D eigenvalue weighted by atomic mass is 32.2. The van der Waals surface area contributed by atoms with Gasteiger partial charge in [-0.2, -0.15) is 4.31 Å². The second kappa shape index (κ2) is 10.3. The van der Waals surface area contributed by atoms with Gasteiger partial charge in [0.1, 0.15) is 23.1 Å². The van der Waals surface area contributed by atoms with Crippen LogP contribution in [0.15, 0.2) is 71.8 Å². The maximum absolute atomic E-state index is 12.8. The summed E-state index contributed by atoms with van der Waals surface area (Å²) in [5.41, 5.74) is 0.956. The van der Waals surface area contributed by atoms with Crippen LogP contribution < -0.4 is 14.8 Å². The third-order valence-electron chi connectivity index (χ3n) is 4.45. The average molecular weight is 456 g/mol. The Morgan fingerprint density at radius 2 is 1.56 bits per heavy atom. The number of likely N-dealkylation sites (N-methyl/N-ethyl adjacent to an activating group) is 1. The zero-order chi connectivity index (χ0) is 23.1. The quantitative estimate of drug-likeness (QED) is 0.526. The Bertz CT molecular complexity index is 1150. The van der Waals surface area contributed by atoms with Crippen molar-refractivity contribution in [2.45, 2.75) is 18.7 Å². The predicted octanol–water partition coefficient (Wildman–Crippen LogP) is 3.84. The lowest BCUT2D eigenvalue weighted by atomic mass is 10.3. The summed E-state index contributed by atoms with van der Waals surface area (Å²) in [6, 6.07) is 16.6. The summed E-state index contributed by atoms with van der Waals surface area (Å²) in [5.74, 6) is 1.71. The van der Waals surface area contributed by atoms with Crippen LogP contribution in [0.25, 0.3) is 0 Å². The van der Waals surface area contributed by atoms with Crippen molar-refractivity contribution in [2.24, 2.45) is 0 Å². The Balaban J connectivity index is 1.61. The first-order valence-electron chi connectivity index (χ1n) is 9.97. The summed E-state index contributed by atoms with van der Waals surface area (Å²) in [5, 5.41) is 2.59. The Hall–Kier alpha value is -3.43. The van der Waals surface area contributed by atoms with E-state index < -0.39 is 15.9 Å². The third kappa shape index (κ3) is 6.05. The molecule has 0 fully saturated rings. The summed E-state index contributed by atoms with van der Waals surface area (Å²) >= 11 is 0. The van der Waals surface area contributed by atoms with E-state index in [0.717, 1.165) is 15.6 Å². The van der Waals surface area contributed by atoms with Crippen LogP contribution in [0.3, 0.4) is 0 Å². The molecule has 9 heteroatoms. The van der Waals surface area contributed by atoms with Crippen LogP contribution in [-0.4, -0.2) is 43.8 Å². The number of sulfonamides is 1. The van der Waals surface area contributed by atoms with Crippen LogP contribution in [0.1, 0.15) is 12.5 Å². The number of pyridine rings is 1. The van der Waals surface area contributed by atoms with Crippen molar-refractivity contribution in [3.63, 3.8) is 0 Å². The van der Waals surface area contributed by atoms with Gasteiger partial charge in [-0.05, 0) is 74.0 Å². The number of nitrogens with zero attached hydrogens (tertiary/aromatic N) is 2. The molecule has 8 nitrogen and oxygen atoms in total. The van der Waals surface area contributed by atoms with Gasteiger partial charge in [0, 0.05) is 13.2 Å². The summed E-state index contributed by atoms with van der Waals surface area (Å²) in [6.45, 7) is 4.02. The van der Waals surface area contributed by atoms with Gasteiger partial charge in [-0.15, -0.1) is 0 Å². The molecular formula is C23H25N3O5S. The van der Waals surface area contributed by atoms with Gasteiger partial charge in [-0.1, -0.05) is 6.07 Å². The van der Waals surface area contributed by atoms with E-state index in [1.807, 2.05) is 13.8 Å². The number of anilines is 1. The Morgan fingerprint density at radius 3 is 2.12 bits per heavy atom. The summed E-state index contributed by atoms with van der Waals surface area (Å²) < 4.78 is 37.7. The molecule has 1 amide bonds. The lowest BCUT2D eigenvalue weighted by Gasteiger charge is -2.17. The third-order valence-corrected chi connectivity index (χ3v) is 6.27. The molecule has 1 N–H and O–H groups in total. The molecule has 0 unspecified atom stereocenters. The minimum Gasteiger partial charge on any atom is -0.494 e. The normalized spacial score (nSPS) is 11.2. The van der Waals surface area contributed by atoms with Gasteiger partial charge in [0.2, 0.25) is 15.9 Å². The number of carbonyl (C=O) groups excluding carboxylic acids is 1. The summed E-state index contributed by atoms with van der Waals surface area (Å²) in [4.78, 5) is 16.4. The van der Waals surface area contributed by atoms with E-state index >= 15 is 0 Å². The molecule has 168 valence electrons. The summed E-state index contributed by atoms with van der Waals surface area (Å²) in [6.07, 6.45) is 1.62. The lowest BCUT2D eigenvalue weighted by molar-refractivity contribution is -0.116. The van der Waals surface area contributed by atoms with Crippen LogP contribution >= 0.6 is 0 Å². The highest BCUT2D eigenvalue weighted by Gasteiger charge is 2.23. The van der Waals surface area contributed by atoms with E-state index in [0.29, 0.717) is 23.9 Å². The van der Waals surface area contributed by atoms with E-state index in [9.17, 15) is 13.2 Å². The van der Waals surface area contributed by atoms with Crippen molar-refractivity contribution >= 4 is 21.7 Å². The monoisotopic (exact) mass is 455 g/mol. The molecule has 0 saturated heterocycles. The first kappa shape index (κ1) is 23.2. The second-order valence-corrected chi connectivity index (χ2v) is 9.05. The molecule has 0 aliphatic carbocycles. The standard InChI is InChI=1S/C23H25N3O5S/c1-4-30-18-6-8-19(9-7-18)31-20-10-12-21(13-11-20)32(28,29)26(3)16-23(27)25-22-14-5-17(2)15-24-22/h5-15H,4,16H2,1-3H3,(H,24,25,27). The fourth-order valence-corrected chi connectivity index (χ4v) is 3.90. The molecule has 0 aliphatic rings. The van der Waals surface area contributed by atoms with E-state index in [1.54, 1.807) is 54.7 Å². The van der Waals surface area contributed by atoms with E-state index in [1.165, 1.54) is 19.2 Å². The highest BCUT2D eigenvalue weighted by molar-refractivity contribution is 7.89. The zero-order valence-electron chi connectivity index (χ0n) is 18.1. The van der Waals surface area contributed by atoms with Crippen LogP contribution in [0.2, 0.25) is 0 Å². The smallest absolute Gasteiger partial charge is 0.243 e. The number of hydrogen-bond donors (Lipinski definition) is 1. The van der Waals surface area contributed by atoms with E-state index in [4.69, 9.17) is 9.47 Å². The van der Waals surface area contributed by atoms with Gasteiger partial charge in [-0.25, -0.2) is 13.4 Å². The molecule has 1 aromatic heterocycles. The van der Waals surface area contributed by atoms with Gasteiger partial charge < -0.3 is 14.8 Å². The number of benzene rings is 2. The number of rotatable bonds is 9. The average Bonchev–Trinajstić information content (AvgIpc) is 2.77. The molecule has 0 atom stereocenters. The molecular weight excluding hydrogens is 430 g/mol.